The second-order valence-electron chi connectivity index (χ2n) is 6.55. The van der Waals surface area contributed by atoms with Crippen molar-refractivity contribution in [1.29, 1.82) is 0 Å². The minimum Gasteiger partial charge on any atom is -0.383 e. The van der Waals surface area contributed by atoms with Gasteiger partial charge >= 0.3 is 0 Å². The fourth-order valence-corrected chi connectivity index (χ4v) is 3.46. The van der Waals surface area contributed by atoms with Crippen molar-refractivity contribution in [1.82, 2.24) is 24.4 Å². The van der Waals surface area contributed by atoms with E-state index >= 15 is 0 Å². The zero-order valence-electron chi connectivity index (χ0n) is 15.1. The molecular weight excluding hydrogens is 328 g/mol. The lowest BCUT2D eigenvalue weighted by Crippen LogP contribution is -2.46. The summed E-state index contributed by atoms with van der Waals surface area (Å²) in [6.07, 6.45) is 5.51. The normalized spacial score (nSPS) is 15.7. The lowest BCUT2D eigenvalue weighted by atomic mass is 10.2. The van der Waals surface area contributed by atoms with Crippen molar-refractivity contribution in [2.24, 2.45) is 0 Å². The number of methoxy groups -OCH3 is 1. The van der Waals surface area contributed by atoms with E-state index < -0.39 is 0 Å². The van der Waals surface area contributed by atoms with Crippen LogP contribution in [0.2, 0.25) is 0 Å². The number of hydrogen-bond acceptors (Lipinski definition) is 6. The number of fused-ring (bicyclic) bond motifs is 1. The van der Waals surface area contributed by atoms with Crippen molar-refractivity contribution in [3.05, 3.63) is 48.8 Å². The van der Waals surface area contributed by atoms with Crippen LogP contribution in [0.5, 0.6) is 0 Å². The van der Waals surface area contributed by atoms with Gasteiger partial charge in [0.2, 0.25) is 0 Å². The van der Waals surface area contributed by atoms with E-state index in [1.165, 1.54) is 5.69 Å². The van der Waals surface area contributed by atoms with E-state index in [9.17, 15) is 0 Å². The highest BCUT2D eigenvalue weighted by Crippen LogP contribution is 2.23. The van der Waals surface area contributed by atoms with Gasteiger partial charge in [-0.2, -0.15) is 0 Å². The minimum absolute atomic E-state index is 0.706. The molecular formula is C19H24N6O. The van der Waals surface area contributed by atoms with Crippen LogP contribution in [0, 0.1) is 0 Å². The Bertz CT molecular complexity index is 851. The molecule has 0 N–H and O–H groups in total. The summed E-state index contributed by atoms with van der Waals surface area (Å²) in [4.78, 5) is 18.0. The average molecular weight is 352 g/mol. The van der Waals surface area contributed by atoms with Crippen molar-refractivity contribution in [3.63, 3.8) is 0 Å². The van der Waals surface area contributed by atoms with Gasteiger partial charge in [0.05, 0.1) is 24.1 Å². The van der Waals surface area contributed by atoms with E-state index in [2.05, 4.69) is 35.4 Å². The zero-order valence-corrected chi connectivity index (χ0v) is 15.1. The molecule has 136 valence electrons. The van der Waals surface area contributed by atoms with Gasteiger partial charge in [0.1, 0.15) is 12.1 Å². The van der Waals surface area contributed by atoms with Gasteiger partial charge in [0.25, 0.3) is 0 Å². The number of ether oxygens (including phenoxy) is 1. The maximum absolute atomic E-state index is 5.18. The molecule has 4 rings (SSSR count). The zero-order chi connectivity index (χ0) is 17.8. The Morgan fingerprint density at radius 1 is 1.08 bits per heavy atom. The molecule has 0 aliphatic carbocycles. The van der Waals surface area contributed by atoms with Crippen LogP contribution >= 0.6 is 0 Å². The monoisotopic (exact) mass is 352 g/mol. The summed E-state index contributed by atoms with van der Waals surface area (Å²) < 4.78 is 7.35. The molecule has 7 nitrogen and oxygen atoms in total. The maximum Gasteiger partial charge on any atom is 0.139 e. The van der Waals surface area contributed by atoms with E-state index in [0.717, 1.165) is 56.0 Å². The molecule has 2 aromatic heterocycles. The lowest BCUT2D eigenvalue weighted by molar-refractivity contribution is 0.183. The van der Waals surface area contributed by atoms with E-state index in [1.54, 1.807) is 13.4 Å². The van der Waals surface area contributed by atoms with Crippen LogP contribution in [-0.2, 0) is 17.8 Å². The van der Waals surface area contributed by atoms with E-state index in [4.69, 9.17) is 4.74 Å². The second-order valence-corrected chi connectivity index (χ2v) is 6.55. The van der Waals surface area contributed by atoms with Gasteiger partial charge in [-0.05, 0) is 12.1 Å². The van der Waals surface area contributed by atoms with Crippen molar-refractivity contribution in [2.75, 3.05) is 44.8 Å². The maximum atomic E-state index is 5.18. The molecule has 1 aromatic carbocycles. The number of imidazole rings is 1. The standard InChI is InChI=1S/C19H24N6O/c1-26-11-10-25-15-20-12-16(25)13-23-6-8-24(9-7-23)19-17-4-2-3-5-18(17)21-14-22-19/h2-5,12,14-15H,6-11,13H2,1H3. The molecule has 7 heteroatoms. The first kappa shape index (κ1) is 16.9. The molecule has 26 heavy (non-hydrogen) atoms. The van der Waals surface area contributed by atoms with Crippen LogP contribution in [0.25, 0.3) is 10.9 Å². The lowest BCUT2D eigenvalue weighted by Gasteiger charge is -2.35. The number of benzene rings is 1. The smallest absolute Gasteiger partial charge is 0.139 e. The van der Waals surface area contributed by atoms with Gasteiger partial charge in [0, 0.05) is 58.0 Å². The van der Waals surface area contributed by atoms with Gasteiger partial charge in [-0.15, -0.1) is 0 Å². The molecule has 3 aromatic rings. The van der Waals surface area contributed by atoms with E-state index in [1.807, 2.05) is 30.7 Å². The first-order valence-electron chi connectivity index (χ1n) is 9.00. The Hall–Kier alpha value is -2.51. The van der Waals surface area contributed by atoms with Crippen LogP contribution in [0.3, 0.4) is 0 Å². The van der Waals surface area contributed by atoms with Gasteiger partial charge in [0.15, 0.2) is 0 Å². The molecule has 1 saturated heterocycles. The third kappa shape index (κ3) is 3.54. The molecule has 0 amide bonds. The van der Waals surface area contributed by atoms with Gasteiger partial charge < -0.3 is 14.2 Å². The van der Waals surface area contributed by atoms with Crippen molar-refractivity contribution in [2.45, 2.75) is 13.1 Å². The second kappa shape index (κ2) is 7.80. The Morgan fingerprint density at radius 3 is 2.77 bits per heavy atom. The molecule has 0 saturated carbocycles. The Morgan fingerprint density at radius 2 is 1.92 bits per heavy atom. The highest BCUT2D eigenvalue weighted by molar-refractivity contribution is 5.89. The molecule has 3 heterocycles. The molecule has 0 bridgehead atoms. The number of aromatic nitrogens is 4. The highest BCUT2D eigenvalue weighted by atomic mass is 16.5. The summed E-state index contributed by atoms with van der Waals surface area (Å²) in [6.45, 7) is 6.42. The fraction of sp³-hybridized carbons (Fsp3) is 0.421. The predicted octanol–water partition coefficient (Wildman–Crippen LogP) is 1.79. The first-order chi connectivity index (χ1) is 12.8. The summed E-state index contributed by atoms with van der Waals surface area (Å²) in [6, 6.07) is 8.21. The topological polar surface area (TPSA) is 59.3 Å². The van der Waals surface area contributed by atoms with Crippen LogP contribution in [0.4, 0.5) is 5.82 Å². The predicted molar refractivity (Wildman–Crippen MR) is 101 cm³/mol. The summed E-state index contributed by atoms with van der Waals surface area (Å²) >= 11 is 0. The average Bonchev–Trinajstić information content (AvgIpc) is 3.13. The van der Waals surface area contributed by atoms with Crippen molar-refractivity contribution < 1.29 is 4.74 Å². The molecule has 0 atom stereocenters. The number of para-hydroxylation sites is 1. The fourth-order valence-electron chi connectivity index (χ4n) is 3.46. The van der Waals surface area contributed by atoms with Crippen molar-refractivity contribution >= 4 is 16.7 Å². The van der Waals surface area contributed by atoms with Crippen molar-refractivity contribution in [3.8, 4) is 0 Å². The molecule has 1 aliphatic heterocycles. The number of anilines is 1. The first-order valence-corrected chi connectivity index (χ1v) is 9.00. The third-order valence-corrected chi connectivity index (χ3v) is 4.91. The molecule has 0 radical (unpaired) electrons. The number of piperazine rings is 1. The van der Waals surface area contributed by atoms with Gasteiger partial charge in [-0.1, -0.05) is 12.1 Å². The molecule has 0 unspecified atom stereocenters. The van der Waals surface area contributed by atoms with Crippen LogP contribution < -0.4 is 4.90 Å². The third-order valence-electron chi connectivity index (χ3n) is 4.91. The summed E-state index contributed by atoms with van der Waals surface area (Å²) in [5, 5.41) is 1.13. The van der Waals surface area contributed by atoms with Crippen LogP contribution in [-0.4, -0.2) is 64.3 Å². The van der Waals surface area contributed by atoms with E-state index in [0.29, 0.717) is 6.61 Å². The largest absolute Gasteiger partial charge is 0.383 e. The Labute approximate surface area is 153 Å². The summed E-state index contributed by atoms with van der Waals surface area (Å²) in [7, 11) is 1.73. The molecule has 1 aliphatic rings. The molecule has 0 spiro atoms. The minimum atomic E-state index is 0.706. The van der Waals surface area contributed by atoms with Crippen LogP contribution in [0.15, 0.2) is 43.1 Å². The Balaban J connectivity index is 1.41. The van der Waals surface area contributed by atoms with Crippen LogP contribution in [0.1, 0.15) is 5.69 Å². The quantitative estimate of drug-likeness (QED) is 0.674. The van der Waals surface area contributed by atoms with Gasteiger partial charge in [-0.3, -0.25) is 4.90 Å². The summed E-state index contributed by atoms with van der Waals surface area (Å²) in [5.41, 5.74) is 2.24. The summed E-state index contributed by atoms with van der Waals surface area (Å²) in [5.74, 6) is 1.04. The SMILES string of the molecule is COCCn1cncc1CN1CCN(c2ncnc3ccccc23)CC1. The number of hydrogen-bond donors (Lipinski definition) is 0. The van der Waals surface area contributed by atoms with Gasteiger partial charge in [-0.25, -0.2) is 15.0 Å². The van der Waals surface area contributed by atoms with E-state index in [-0.39, 0.29) is 0 Å². The number of rotatable bonds is 6. The Kier molecular flexibility index (Phi) is 5.08. The highest BCUT2D eigenvalue weighted by Gasteiger charge is 2.20. The molecule has 1 fully saturated rings. The number of nitrogens with zero attached hydrogens (tertiary/aromatic N) is 6.